The zero-order valence-electron chi connectivity index (χ0n) is 12.9. The van der Waals surface area contributed by atoms with Gasteiger partial charge in [0.25, 0.3) is 5.56 Å². The number of hydrogen-bond donors (Lipinski definition) is 2. The van der Waals surface area contributed by atoms with Crippen LogP contribution in [0.15, 0.2) is 46.1 Å². The minimum atomic E-state index is -1.18. The van der Waals surface area contributed by atoms with Gasteiger partial charge in [-0.15, -0.1) is 0 Å². The lowest BCUT2D eigenvalue weighted by atomic mass is 10.2. The average molecular weight is 350 g/mol. The van der Waals surface area contributed by atoms with Crippen LogP contribution in [0.2, 0.25) is 0 Å². The van der Waals surface area contributed by atoms with Crippen LogP contribution in [-0.2, 0) is 9.47 Å². The summed E-state index contributed by atoms with van der Waals surface area (Å²) < 4.78 is 24.7. The fraction of sp³-hybridized carbons (Fsp3) is 0.312. The molecule has 3 rings (SSSR count). The number of H-pyrrole nitrogens is 1. The van der Waals surface area contributed by atoms with Crippen molar-refractivity contribution >= 4 is 5.97 Å². The molecule has 132 valence electrons. The van der Waals surface area contributed by atoms with Crippen molar-refractivity contribution in [1.29, 1.82) is 0 Å². The molecule has 2 aromatic rings. The molecule has 0 bridgehead atoms. The number of carbonyl (C=O) groups is 1. The number of rotatable bonds is 4. The summed E-state index contributed by atoms with van der Waals surface area (Å²) in [5.41, 5.74) is -1.68. The van der Waals surface area contributed by atoms with Crippen LogP contribution in [0, 0.1) is 5.82 Å². The number of halogens is 1. The highest BCUT2D eigenvalue weighted by molar-refractivity contribution is 5.89. The van der Waals surface area contributed by atoms with Crippen molar-refractivity contribution in [2.45, 2.75) is 24.9 Å². The summed E-state index contributed by atoms with van der Waals surface area (Å²) in [5, 5.41) is 10.0. The minimum Gasteiger partial charge on any atom is -0.459 e. The summed E-state index contributed by atoms with van der Waals surface area (Å²) in [4.78, 5) is 36.5. The van der Waals surface area contributed by atoms with Gasteiger partial charge in [-0.1, -0.05) is 18.2 Å². The lowest BCUT2D eigenvalue weighted by molar-refractivity contribution is -0.0575. The maximum Gasteiger partial charge on any atom is 0.338 e. The lowest BCUT2D eigenvalue weighted by Crippen LogP contribution is -2.36. The van der Waals surface area contributed by atoms with Gasteiger partial charge in [0.15, 0.2) is 6.23 Å². The second kappa shape index (κ2) is 6.99. The number of aliphatic hydroxyl groups is 1. The van der Waals surface area contributed by atoms with Gasteiger partial charge in [0.1, 0.15) is 12.7 Å². The molecule has 0 spiro atoms. The summed E-state index contributed by atoms with van der Waals surface area (Å²) in [6.45, 7) is -0.137. The summed E-state index contributed by atoms with van der Waals surface area (Å²) >= 11 is 0. The Morgan fingerprint density at radius 1 is 1.36 bits per heavy atom. The number of esters is 1. The maximum atomic E-state index is 13.4. The molecule has 25 heavy (non-hydrogen) atoms. The summed E-state index contributed by atoms with van der Waals surface area (Å²) in [6.07, 6.45) is -2.22. The van der Waals surface area contributed by atoms with Gasteiger partial charge in [-0.05, 0) is 12.1 Å². The molecule has 2 N–H and O–H groups in total. The van der Waals surface area contributed by atoms with E-state index in [1.54, 1.807) is 35.3 Å². The van der Waals surface area contributed by atoms with Crippen LogP contribution < -0.4 is 11.2 Å². The Balaban J connectivity index is 1.66. The number of nitrogens with one attached hydrogen (secondary N) is 1. The van der Waals surface area contributed by atoms with E-state index in [4.69, 9.17) is 9.47 Å². The highest BCUT2D eigenvalue weighted by Gasteiger charge is 2.36. The van der Waals surface area contributed by atoms with E-state index in [-0.39, 0.29) is 13.0 Å². The van der Waals surface area contributed by atoms with Crippen LogP contribution in [0.5, 0.6) is 0 Å². The Hall–Kier alpha value is -2.78. The first-order valence-corrected chi connectivity index (χ1v) is 7.52. The smallest absolute Gasteiger partial charge is 0.338 e. The molecule has 1 aromatic heterocycles. The molecule has 0 radical (unpaired) electrons. The molecule has 9 heteroatoms. The highest BCUT2D eigenvalue weighted by Crippen LogP contribution is 2.28. The van der Waals surface area contributed by atoms with Gasteiger partial charge in [-0.25, -0.2) is 9.59 Å². The largest absolute Gasteiger partial charge is 0.459 e. The third kappa shape index (κ3) is 3.67. The zero-order valence-corrected chi connectivity index (χ0v) is 12.9. The van der Waals surface area contributed by atoms with E-state index in [9.17, 15) is 23.9 Å². The number of carbonyl (C=O) groups excluding carboxylic acids is 1. The van der Waals surface area contributed by atoms with E-state index in [1.807, 2.05) is 0 Å². The molecule has 0 unspecified atom stereocenters. The van der Waals surface area contributed by atoms with Gasteiger partial charge in [0.2, 0.25) is 5.82 Å². The van der Waals surface area contributed by atoms with Crippen molar-refractivity contribution in [3.63, 3.8) is 0 Å². The lowest BCUT2D eigenvalue weighted by Gasteiger charge is -2.17. The first kappa shape index (κ1) is 17.1. The van der Waals surface area contributed by atoms with Crippen LogP contribution in [0.25, 0.3) is 0 Å². The Morgan fingerprint density at radius 2 is 2.08 bits per heavy atom. The summed E-state index contributed by atoms with van der Waals surface area (Å²) in [6, 6.07) is 8.34. The van der Waals surface area contributed by atoms with E-state index in [2.05, 4.69) is 0 Å². The Bertz CT molecular complexity index is 878. The van der Waals surface area contributed by atoms with Crippen molar-refractivity contribution in [3.8, 4) is 0 Å². The number of ether oxygens (including phenoxy) is 2. The fourth-order valence-electron chi connectivity index (χ4n) is 2.56. The first-order valence-electron chi connectivity index (χ1n) is 7.52. The molecular weight excluding hydrogens is 335 g/mol. The molecule has 3 atom stereocenters. The summed E-state index contributed by atoms with van der Waals surface area (Å²) in [5.74, 6) is -1.72. The third-order valence-electron chi connectivity index (χ3n) is 3.77. The van der Waals surface area contributed by atoms with Gasteiger partial charge in [-0.2, -0.15) is 4.39 Å². The van der Waals surface area contributed by atoms with Gasteiger partial charge in [0, 0.05) is 6.42 Å². The zero-order chi connectivity index (χ0) is 18.0. The number of benzene rings is 1. The molecular formula is C16H15FN2O6. The van der Waals surface area contributed by atoms with Crippen molar-refractivity contribution in [2.24, 2.45) is 0 Å². The molecule has 0 amide bonds. The second-order valence-corrected chi connectivity index (χ2v) is 5.56. The van der Waals surface area contributed by atoms with Crippen molar-refractivity contribution in [3.05, 3.63) is 68.7 Å². The van der Waals surface area contributed by atoms with Gasteiger partial charge >= 0.3 is 11.7 Å². The topological polar surface area (TPSA) is 111 Å². The minimum absolute atomic E-state index is 0.0833. The fourth-order valence-corrected chi connectivity index (χ4v) is 2.56. The molecule has 0 saturated carbocycles. The number of aliphatic hydroxyl groups excluding tert-OH is 1. The monoisotopic (exact) mass is 350 g/mol. The molecule has 1 aromatic carbocycles. The quantitative estimate of drug-likeness (QED) is 0.761. The van der Waals surface area contributed by atoms with Crippen LogP contribution in [0.3, 0.4) is 0 Å². The standard InChI is InChI=1S/C16H15FN2O6/c17-11-7-19(16(23)18-13(11)21)14-12(20)6-10(25-14)8-24-15(22)9-4-2-1-3-5-9/h1-5,7,10,12,14,20H,6,8H2,(H,18,21,23)/t10-,12+,14+/m1/s1. The van der Waals surface area contributed by atoms with Crippen LogP contribution >= 0.6 is 0 Å². The second-order valence-electron chi connectivity index (χ2n) is 5.56. The first-order chi connectivity index (χ1) is 12.0. The van der Waals surface area contributed by atoms with E-state index in [1.165, 1.54) is 0 Å². The van der Waals surface area contributed by atoms with Crippen molar-refractivity contribution in [1.82, 2.24) is 9.55 Å². The highest BCUT2D eigenvalue weighted by atomic mass is 19.1. The Kier molecular flexibility index (Phi) is 4.77. The van der Waals surface area contributed by atoms with Crippen molar-refractivity contribution < 1.29 is 23.8 Å². The normalized spacial score (nSPS) is 22.7. The molecule has 0 aliphatic carbocycles. The molecule has 1 aliphatic heterocycles. The average Bonchev–Trinajstić information content (AvgIpc) is 2.97. The predicted octanol–water partition coefficient (Wildman–Crippen LogP) is 0.181. The van der Waals surface area contributed by atoms with Crippen LogP contribution in [0.4, 0.5) is 4.39 Å². The predicted molar refractivity (Wildman–Crippen MR) is 82.5 cm³/mol. The third-order valence-corrected chi connectivity index (χ3v) is 3.77. The molecule has 1 fully saturated rings. The molecule has 1 saturated heterocycles. The number of aromatic nitrogens is 2. The summed E-state index contributed by atoms with van der Waals surface area (Å²) in [7, 11) is 0. The van der Waals surface area contributed by atoms with Gasteiger partial charge < -0.3 is 14.6 Å². The van der Waals surface area contributed by atoms with Crippen LogP contribution in [0.1, 0.15) is 23.0 Å². The van der Waals surface area contributed by atoms with E-state index >= 15 is 0 Å². The van der Waals surface area contributed by atoms with E-state index in [0.29, 0.717) is 11.8 Å². The SMILES string of the molecule is O=C(OC[C@H]1C[C@H](O)[C@@H](n2cc(F)c(=O)[nH]c2=O)O1)c1ccccc1. The molecule has 2 heterocycles. The molecule has 1 aliphatic rings. The number of nitrogens with zero attached hydrogens (tertiary/aromatic N) is 1. The van der Waals surface area contributed by atoms with Crippen molar-refractivity contribution in [2.75, 3.05) is 6.61 Å². The Morgan fingerprint density at radius 3 is 2.80 bits per heavy atom. The Labute approximate surface area is 140 Å². The van der Waals surface area contributed by atoms with E-state index < -0.39 is 41.5 Å². The molecule has 8 nitrogen and oxygen atoms in total. The van der Waals surface area contributed by atoms with Gasteiger partial charge in [-0.3, -0.25) is 14.3 Å². The maximum absolute atomic E-state index is 13.4. The number of hydrogen-bond acceptors (Lipinski definition) is 6. The van der Waals surface area contributed by atoms with Crippen LogP contribution in [-0.4, -0.2) is 39.4 Å². The van der Waals surface area contributed by atoms with Gasteiger partial charge in [0.05, 0.1) is 17.9 Å². The number of aromatic amines is 1. The van der Waals surface area contributed by atoms with E-state index in [0.717, 1.165) is 4.57 Å².